The first-order valence-electron chi connectivity index (χ1n) is 5.56. The van der Waals surface area contributed by atoms with E-state index in [-0.39, 0.29) is 1.43 Å². The summed E-state index contributed by atoms with van der Waals surface area (Å²) >= 11 is 0. The van der Waals surface area contributed by atoms with Gasteiger partial charge in [0.15, 0.2) is 0 Å². The minimum atomic E-state index is 0. The van der Waals surface area contributed by atoms with Gasteiger partial charge >= 0.3 is 0 Å². The lowest BCUT2D eigenvalue weighted by Crippen LogP contribution is -2.34. The second-order valence-electron chi connectivity index (χ2n) is 4.30. The zero-order chi connectivity index (χ0) is 9.73. The Labute approximate surface area is 83.5 Å². The van der Waals surface area contributed by atoms with E-state index in [9.17, 15) is 0 Å². The Morgan fingerprint density at radius 3 is 2.54 bits per heavy atom. The van der Waals surface area contributed by atoms with Crippen LogP contribution in [0.2, 0.25) is 0 Å². The van der Waals surface area contributed by atoms with Crippen molar-refractivity contribution in [1.82, 2.24) is 5.32 Å². The van der Waals surface area contributed by atoms with Crippen molar-refractivity contribution < 1.29 is 6.16 Å². The summed E-state index contributed by atoms with van der Waals surface area (Å²) in [5.41, 5.74) is 0.514. The number of hydrogen-bond acceptors (Lipinski definition) is 2. The van der Waals surface area contributed by atoms with Gasteiger partial charge < -0.3 is 10.1 Å². The van der Waals surface area contributed by atoms with Crippen molar-refractivity contribution in [3.05, 3.63) is 0 Å². The van der Waals surface area contributed by atoms with E-state index in [1.165, 1.54) is 25.8 Å². The highest BCUT2D eigenvalue weighted by Gasteiger charge is 2.42. The quantitative estimate of drug-likeness (QED) is 0.629. The second kappa shape index (κ2) is 4.97. The molecule has 2 nitrogen and oxygen atoms in total. The highest BCUT2D eigenvalue weighted by molar-refractivity contribution is 4.96. The summed E-state index contributed by atoms with van der Waals surface area (Å²) in [6, 6.07) is 0.676. The normalized spacial score (nSPS) is 37.6. The minimum Gasteiger partial charge on any atom is -0.381 e. The van der Waals surface area contributed by atoms with Gasteiger partial charge in [-0.25, -0.2) is 0 Å². The van der Waals surface area contributed by atoms with Crippen molar-refractivity contribution in [3.63, 3.8) is 0 Å². The summed E-state index contributed by atoms with van der Waals surface area (Å²) in [5.74, 6) is 0. The van der Waals surface area contributed by atoms with Crippen LogP contribution >= 0.6 is 0 Å². The van der Waals surface area contributed by atoms with Crippen LogP contribution in [-0.4, -0.2) is 25.8 Å². The topological polar surface area (TPSA) is 21.3 Å². The lowest BCUT2D eigenvalue weighted by molar-refractivity contribution is 0.146. The standard InChI is InChI=1S/C8H15NO.C3H8.H2/c1-7-8(2-4-9-7)3-5-10-6-8;1-3-2;/h7,9H,2-6H2,1H3;3H2,1-2H3;1H. The molecule has 0 amide bonds. The lowest BCUT2D eigenvalue weighted by atomic mass is 9.81. The van der Waals surface area contributed by atoms with Gasteiger partial charge in [-0.2, -0.15) is 0 Å². The zero-order valence-corrected chi connectivity index (χ0v) is 9.23. The van der Waals surface area contributed by atoms with E-state index >= 15 is 0 Å². The molecule has 1 spiro atoms. The molecule has 2 aliphatic rings. The average molecular weight is 187 g/mol. The Hall–Kier alpha value is -0.0800. The summed E-state index contributed by atoms with van der Waals surface area (Å²) in [6.07, 6.45) is 3.83. The van der Waals surface area contributed by atoms with Crippen molar-refractivity contribution in [1.29, 1.82) is 0 Å². The third-order valence-electron chi connectivity index (χ3n) is 3.13. The van der Waals surface area contributed by atoms with Crippen LogP contribution in [-0.2, 0) is 4.74 Å². The van der Waals surface area contributed by atoms with Crippen LogP contribution in [0.15, 0.2) is 0 Å². The molecule has 0 saturated carbocycles. The molecule has 0 aromatic carbocycles. The SMILES string of the molecule is CC1NCCC12CCOC2.CCC.[HH]. The maximum atomic E-state index is 5.41. The summed E-state index contributed by atoms with van der Waals surface area (Å²) < 4.78 is 5.41. The van der Waals surface area contributed by atoms with Gasteiger partial charge in [0, 0.05) is 19.5 Å². The maximum absolute atomic E-state index is 5.41. The van der Waals surface area contributed by atoms with Crippen LogP contribution in [0, 0.1) is 5.41 Å². The molecular formula is C11H25NO. The highest BCUT2D eigenvalue weighted by atomic mass is 16.5. The molecule has 0 aliphatic carbocycles. The van der Waals surface area contributed by atoms with Gasteiger partial charge in [-0.15, -0.1) is 0 Å². The van der Waals surface area contributed by atoms with E-state index < -0.39 is 0 Å². The Bertz CT molecular complexity index is 141. The van der Waals surface area contributed by atoms with Crippen molar-refractivity contribution in [2.24, 2.45) is 5.41 Å². The first-order chi connectivity index (χ1) is 6.25. The first kappa shape index (κ1) is 11.0. The maximum Gasteiger partial charge on any atom is 0.0538 e. The molecule has 2 rings (SSSR count). The van der Waals surface area contributed by atoms with Crippen LogP contribution in [0.4, 0.5) is 0 Å². The molecule has 2 aliphatic heterocycles. The number of ether oxygens (including phenoxy) is 1. The van der Waals surface area contributed by atoms with Crippen LogP contribution in [0.1, 0.15) is 41.5 Å². The van der Waals surface area contributed by atoms with Gasteiger partial charge in [0.2, 0.25) is 0 Å². The number of nitrogens with one attached hydrogen (secondary N) is 1. The van der Waals surface area contributed by atoms with Crippen LogP contribution in [0.3, 0.4) is 0 Å². The van der Waals surface area contributed by atoms with Crippen molar-refractivity contribution in [3.8, 4) is 0 Å². The second-order valence-corrected chi connectivity index (χ2v) is 4.30. The van der Waals surface area contributed by atoms with E-state index in [1.54, 1.807) is 0 Å². The predicted octanol–water partition coefficient (Wildman–Crippen LogP) is 2.44. The van der Waals surface area contributed by atoms with Crippen LogP contribution in [0.5, 0.6) is 0 Å². The molecule has 13 heavy (non-hydrogen) atoms. The Morgan fingerprint density at radius 2 is 2.15 bits per heavy atom. The van der Waals surface area contributed by atoms with E-state index in [0.717, 1.165) is 13.2 Å². The van der Waals surface area contributed by atoms with E-state index in [0.29, 0.717) is 11.5 Å². The highest BCUT2D eigenvalue weighted by Crippen LogP contribution is 2.38. The molecule has 0 aromatic heterocycles. The molecular weight excluding hydrogens is 162 g/mol. The summed E-state index contributed by atoms with van der Waals surface area (Å²) in [4.78, 5) is 0. The van der Waals surface area contributed by atoms with Gasteiger partial charge in [-0.05, 0) is 26.3 Å². The molecule has 2 fully saturated rings. The van der Waals surface area contributed by atoms with Gasteiger partial charge in [-0.1, -0.05) is 20.3 Å². The Balaban J connectivity index is 0.000000381. The van der Waals surface area contributed by atoms with E-state index in [2.05, 4.69) is 26.1 Å². The van der Waals surface area contributed by atoms with E-state index in [4.69, 9.17) is 4.74 Å². The van der Waals surface area contributed by atoms with E-state index in [1.807, 2.05) is 0 Å². The lowest BCUT2D eigenvalue weighted by Gasteiger charge is -2.25. The molecule has 0 bridgehead atoms. The molecule has 2 unspecified atom stereocenters. The molecule has 2 heterocycles. The smallest absolute Gasteiger partial charge is 0.0538 e. The monoisotopic (exact) mass is 187 g/mol. The zero-order valence-electron chi connectivity index (χ0n) is 9.23. The number of hydrogen-bond donors (Lipinski definition) is 1. The molecule has 1 N–H and O–H groups in total. The fraction of sp³-hybridized carbons (Fsp3) is 1.00. The molecule has 2 saturated heterocycles. The van der Waals surface area contributed by atoms with Gasteiger partial charge in [0.25, 0.3) is 0 Å². The van der Waals surface area contributed by atoms with Crippen LogP contribution in [0.25, 0.3) is 0 Å². The largest absolute Gasteiger partial charge is 0.381 e. The minimum absolute atomic E-state index is 0. The summed E-state index contributed by atoms with van der Waals surface area (Å²) in [5, 5.41) is 3.47. The third kappa shape index (κ3) is 2.44. The van der Waals surface area contributed by atoms with Crippen molar-refractivity contribution in [2.75, 3.05) is 19.8 Å². The molecule has 0 aromatic rings. The Kier molecular flexibility index (Phi) is 4.20. The molecule has 2 heteroatoms. The fourth-order valence-corrected chi connectivity index (χ4v) is 2.13. The molecule has 80 valence electrons. The number of rotatable bonds is 0. The summed E-state index contributed by atoms with van der Waals surface area (Å²) in [7, 11) is 0. The fourth-order valence-electron chi connectivity index (χ4n) is 2.13. The third-order valence-corrected chi connectivity index (χ3v) is 3.13. The van der Waals surface area contributed by atoms with Gasteiger partial charge in [-0.3, -0.25) is 0 Å². The average Bonchev–Trinajstić information content (AvgIpc) is 2.67. The van der Waals surface area contributed by atoms with Crippen molar-refractivity contribution >= 4 is 0 Å². The van der Waals surface area contributed by atoms with Crippen molar-refractivity contribution in [2.45, 2.75) is 46.1 Å². The Morgan fingerprint density at radius 1 is 1.46 bits per heavy atom. The summed E-state index contributed by atoms with van der Waals surface area (Å²) in [6.45, 7) is 9.68. The van der Waals surface area contributed by atoms with Crippen LogP contribution < -0.4 is 5.32 Å². The molecule has 2 atom stereocenters. The molecule has 0 radical (unpaired) electrons. The van der Waals surface area contributed by atoms with Gasteiger partial charge in [0.05, 0.1) is 6.61 Å². The van der Waals surface area contributed by atoms with Gasteiger partial charge in [0.1, 0.15) is 0 Å². The first-order valence-corrected chi connectivity index (χ1v) is 5.56. The predicted molar refractivity (Wildman–Crippen MR) is 58.0 cm³/mol.